The predicted octanol–water partition coefficient (Wildman–Crippen LogP) is 2.68. The molecular formula is C19H34N2O5. The molecule has 0 saturated carbocycles. The van der Waals surface area contributed by atoms with Crippen molar-refractivity contribution in [3.05, 3.63) is 0 Å². The minimum absolute atomic E-state index is 0.119. The van der Waals surface area contributed by atoms with E-state index in [9.17, 15) is 14.4 Å². The van der Waals surface area contributed by atoms with Crippen LogP contribution >= 0.6 is 0 Å². The second-order valence-electron chi connectivity index (χ2n) is 9.14. The van der Waals surface area contributed by atoms with Gasteiger partial charge in [0.1, 0.15) is 12.1 Å². The summed E-state index contributed by atoms with van der Waals surface area (Å²) in [6.07, 6.45) is 0.327. The molecule has 26 heavy (non-hydrogen) atoms. The summed E-state index contributed by atoms with van der Waals surface area (Å²) in [6, 6.07) is -0.253. The molecule has 0 aliphatic carbocycles. The van der Waals surface area contributed by atoms with E-state index >= 15 is 0 Å². The quantitative estimate of drug-likeness (QED) is 0.714. The van der Waals surface area contributed by atoms with Crippen LogP contribution in [-0.2, 0) is 19.1 Å². The molecule has 2 atom stereocenters. The Bertz CT molecular complexity index is 533. The summed E-state index contributed by atoms with van der Waals surface area (Å²) < 4.78 is 10.2. The summed E-state index contributed by atoms with van der Waals surface area (Å²) in [4.78, 5) is 40.4. The van der Waals surface area contributed by atoms with Crippen molar-refractivity contribution >= 4 is 18.0 Å². The van der Waals surface area contributed by atoms with Gasteiger partial charge in [-0.25, -0.2) is 4.79 Å². The SMILES string of the molecule is COC(=O)CN(C(=O)C(C)(C)C)[C@H]1C[C@H](C)CN(C(=O)OC(C)(C)C)C1. The molecule has 2 amide bonds. The second kappa shape index (κ2) is 8.27. The van der Waals surface area contributed by atoms with Crippen LogP contribution in [0.3, 0.4) is 0 Å². The van der Waals surface area contributed by atoms with E-state index < -0.39 is 23.1 Å². The first-order chi connectivity index (χ1) is 11.7. The van der Waals surface area contributed by atoms with Crippen molar-refractivity contribution in [1.29, 1.82) is 0 Å². The molecule has 0 N–H and O–H groups in total. The third-order valence-electron chi connectivity index (χ3n) is 4.16. The van der Waals surface area contributed by atoms with Crippen LogP contribution in [0.15, 0.2) is 0 Å². The van der Waals surface area contributed by atoms with Crippen molar-refractivity contribution in [2.45, 2.75) is 66.5 Å². The Morgan fingerprint density at radius 3 is 2.12 bits per heavy atom. The Kier molecular flexibility index (Phi) is 7.08. The van der Waals surface area contributed by atoms with Crippen molar-refractivity contribution in [1.82, 2.24) is 9.80 Å². The Morgan fingerprint density at radius 2 is 1.65 bits per heavy atom. The number of piperidine rings is 1. The lowest BCUT2D eigenvalue weighted by molar-refractivity contribution is -0.153. The highest BCUT2D eigenvalue weighted by Gasteiger charge is 2.39. The maximum Gasteiger partial charge on any atom is 0.410 e. The lowest BCUT2D eigenvalue weighted by Gasteiger charge is -2.43. The fraction of sp³-hybridized carbons (Fsp3) is 0.842. The number of ether oxygens (including phenoxy) is 2. The van der Waals surface area contributed by atoms with Crippen molar-refractivity contribution in [3.8, 4) is 0 Å². The zero-order chi connectivity index (χ0) is 20.3. The van der Waals surface area contributed by atoms with Crippen LogP contribution in [0.2, 0.25) is 0 Å². The largest absolute Gasteiger partial charge is 0.468 e. The average Bonchev–Trinajstić information content (AvgIpc) is 2.48. The number of carbonyl (C=O) groups is 3. The van der Waals surface area contributed by atoms with Crippen LogP contribution in [0.1, 0.15) is 54.9 Å². The monoisotopic (exact) mass is 370 g/mol. The van der Waals surface area contributed by atoms with E-state index in [1.807, 2.05) is 48.5 Å². The summed E-state index contributed by atoms with van der Waals surface area (Å²) in [5, 5.41) is 0. The van der Waals surface area contributed by atoms with Crippen LogP contribution in [0.4, 0.5) is 4.79 Å². The van der Waals surface area contributed by atoms with E-state index in [-0.39, 0.29) is 24.4 Å². The third kappa shape index (κ3) is 6.50. The van der Waals surface area contributed by atoms with Crippen molar-refractivity contribution in [3.63, 3.8) is 0 Å². The Hall–Kier alpha value is -1.79. The van der Waals surface area contributed by atoms with Crippen LogP contribution in [0.25, 0.3) is 0 Å². The Balaban J connectivity index is 3.03. The van der Waals surface area contributed by atoms with Crippen molar-refractivity contribution in [2.24, 2.45) is 11.3 Å². The smallest absolute Gasteiger partial charge is 0.410 e. The molecule has 0 unspecified atom stereocenters. The minimum atomic E-state index is -0.633. The summed E-state index contributed by atoms with van der Waals surface area (Å²) in [5.41, 5.74) is -1.22. The van der Waals surface area contributed by atoms with Gasteiger partial charge in [-0.15, -0.1) is 0 Å². The molecule has 1 aliphatic heterocycles. The first kappa shape index (κ1) is 22.3. The highest BCUT2D eigenvalue weighted by Crippen LogP contribution is 2.26. The molecule has 0 radical (unpaired) electrons. The van der Waals surface area contributed by atoms with Gasteiger partial charge < -0.3 is 19.3 Å². The van der Waals surface area contributed by atoms with Crippen LogP contribution in [0, 0.1) is 11.3 Å². The summed E-state index contributed by atoms with van der Waals surface area (Å²) in [5.74, 6) is -0.412. The number of carbonyl (C=O) groups excluding carboxylic acids is 3. The first-order valence-corrected chi connectivity index (χ1v) is 9.10. The van der Waals surface area contributed by atoms with Gasteiger partial charge in [-0.2, -0.15) is 0 Å². The summed E-state index contributed by atoms with van der Waals surface area (Å²) >= 11 is 0. The van der Waals surface area contributed by atoms with Gasteiger partial charge in [-0.3, -0.25) is 9.59 Å². The first-order valence-electron chi connectivity index (χ1n) is 9.10. The van der Waals surface area contributed by atoms with Gasteiger partial charge in [0.2, 0.25) is 5.91 Å². The topological polar surface area (TPSA) is 76.2 Å². The Labute approximate surface area is 157 Å². The number of nitrogens with zero attached hydrogens (tertiary/aromatic N) is 2. The number of hydrogen-bond acceptors (Lipinski definition) is 5. The summed E-state index contributed by atoms with van der Waals surface area (Å²) in [6.45, 7) is 13.7. The molecule has 1 fully saturated rings. The molecule has 0 aromatic heterocycles. The number of amides is 2. The predicted molar refractivity (Wildman–Crippen MR) is 98.6 cm³/mol. The maximum atomic E-state index is 12.9. The highest BCUT2D eigenvalue weighted by atomic mass is 16.6. The van der Waals surface area contributed by atoms with Crippen molar-refractivity contribution in [2.75, 3.05) is 26.7 Å². The average molecular weight is 370 g/mol. The maximum absolute atomic E-state index is 12.9. The van der Waals surface area contributed by atoms with E-state index in [0.29, 0.717) is 13.1 Å². The van der Waals surface area contributed by atoms with Crippen LogP contribution in [0.5, 0.6) is 0 Å². The number of likely N-dealkylation sites (tertiary alicyclic amines) is 1. The van der Waals surface area contributed by atoms with Gasteiger partial charge in [0.15, 0.2) is 0 Å². The molecular weight excluding hydrogens is 336 g/mol. The van der Waals surface area contributed by atoms with E-state index in [0.717, 1.165) is 6.42 Å². The fourth-order valence-corrected chi connectivity index (χ4v) is 3.02. The van der Waals surface area contributed by atoms with E-state index in [2.05, 4.69) is 0 Å². The zero-order valence-corrected chi connectivity index (χ0v) is 17.4. The molecule has 7 nitrogen and oxygen atoms in total. The van der Waals surface area contributed by atoms with E-state index in [1.54, 1.807) is 9.80 Å². The molecule has 0 aromatic rings. The van der Waals surface area contributed by atoms with Gasteiger partial charge in [-0.05, 0) is 33.1 Å². The Morgan fingerprint density at radius 1 is 1.08 bits per heavy atom. The van der Waals surface area contributed by atoms with Crippen molar-refractivity contribution < 1.29 is 23.9 Å². The van der Waals surface area contributed by atoms with E-state index in [1.165, 1.54) is 7.11 Å². The fourth-order valence-electron chi connectivity index (χ4n) is 3.02. The molecule has 0 spiro atoms. The number of hydrogen-bond donors (Lipinski definition) is 0. The van der Waals surface area contributed by atoms with E-state index in [4.69, 9.17) is 9.47 Å². The number of rotatable bonds is 3. The zero-order valence-electron chi connectivity index (χ0n) is 17.4. The van der Waals surface area contributed by atoms with Gasteiger partial charge in [0.25, 0.3) is 0 Å². The lowest BCUT2D eigenvalue weighted by Crippen LogP contribution is -2.57. The standard InChI is InChI=1S/C19H34N2O5/c1-13-9-14(11-20(10-13)17(24)26-19(5,6)7)21(12-15(22)25-8)16(23)18(2,3)4/h13-14H,9-12H2,1-8H3/t13-,14-/m0/s1. The van der Waals surface area contributed by atoms with Gasteiger partial charge in [0.05, 0.1) is 13.2 Å². The number of methoxy groups -OCH3 is 1. The molecule has 1 aliphatic rings. The third-order valence-corrected chi connectivity index (χ3v) is 4.16. The molecule has 0 aromatic carbocycles. The molecule has 0 bridgehead atoms. The normalized spacial score (nSPS) is 21.2. The van der Waals surface area contributed by atoms with Crippen LogP contribution in [-0.4, -0.2) is 66.2 Å². The molecule has 1 saturated heterocycles. The molecule has 1 heterocycles. The minimum Gasteiger partial charge on any atom is -0.468 e. The van der Waals surface area contributed by atoms with Gasteiger partial charge in [-0.1, -0.05) is 27.7 Å². The highest BCUT2D eigenvalue weighted by molar-refractivity contribution is 5.86. The molecule has 1 rings (SSSR count). The van der Waals surface area contributed by atoms with Gasteiger partial charge >= 0.3 is 12.1 Å². The second-order valence-corrected chi connectivity index (χ2v) is 9.14. The molecule has 7 heteroatoms. The lowest BCUT2D eigenvalue weighted by atomic mass is 9.90. The summed E-state index contributed by atoms with van der Waals surface area (Å²) in [7, 11) is 1.30. The van der Waals surface area contributed by atoms with Crippen LogP contribution < -0.4 is 0 Å². The number of esters is 1. The molecule has 150 valence electrons. The van der Waals surface area contributed by atoms with Gasteiger partial charge in [0, 0.05) is 18.5 Å².